The summed E-state index contributed by atoms with van der Waals surface area (Å²) >= 11 is 6.03. The Morgan fingerprint density at radius 2 is 1.82 bits per heavy atom. The highest BCUT2D eigenvalue weighted by Gasteiger charge is 2.23. The second kappa shape index (κ2) is 9.22. The Bertz CT molecular complexity index is 830. The molecule has 1 aliphatic rings. The summed E-state index contributed by atoms with van der Waals surface area (Å²) in [5.41, 5.74) is 2.87. The van der Waals surface area contributed by atoms with Crippen molar-refractivity contribution in [2.24, 2.45) is 0 Å². The van der Waals surface area contributed by atoms with E-state index in [1.54, 1.807) is 6.92 Å². The molecule has 0 radical (unpaired) electrons. The minimum atomic E-state index is -0.0633. The van der Waals surface area contributed by atoms with Crippen molar-refractivity contribution in [1.29, 1.82) is 0 Å². The third-order valence-corrected chi connectivity index (χ3v) is 5.48. The molecule has 0 saturated carbocycles. The Hall–Kier alpha value is -2.37. The van der Waals surface area contributed by atoms with Gasteiger partial charge in [0.1, 0.15) is 0 Å². The van der Waals surface area contributed by atoms with E-state index in [2.05, 4.69) is 10.2 Å². The molecule has 1 heterocycles. The van der Waals surface area contributed by atoms with Gasteiger partial charge in [0.05, 0.1) is 32.2 Å². The van der Waals surface area contributed by atoms with Crippen LogP contribution in [0.3, 0.4) is 0 Å². The summed E-state index contributed by atoms with van der Waals surface area (Å²) in [6.45, 7) is 7.64. The summed E-state index contributed by atoms with van der Waals surface area (Å²) in [4.78, 5) is 27.4. The van der Waals surface area contributed by atoms with Crippen molar-refractivity contribution in [3.8, 4) is 0 Å². The average molecular weight is 401 g/mol. The van der Waals surface area contributed by atoms with Crippen LogP contribution in [0.5, 0.6) is 0 Å². The number of nitrogens with one attached hydrogen (secondary N) is 2. The first kappa shape index (κ1) is 20.4. The first-order chi connectivity index (χ1) is 13.4. The molecule has 1 saturated heterocycles. The highest BCUT2D eigenvalue weighted by Crippen LogP contribution is 2.17. The molecule has 1 amide bonds. The van der Waals surface area contributed by atoms with Gasteiger partial charge < -0.3 is 15.1 Å². The van der Waals surface area contributed by atoms with Gasteiger partial charge in [-0.15, -0.1) is 0 Å². The molecule has 0 aliphatic carbocycles. The molecule has 0 bridgehead atoms. The van der Waals surface area contributed by atoms with E-state index >= 15 is 0 Å². The van der Waals surface area contributed by atoms with E-state index in [1.807, 2.05) is 55.5 Å². The number of quaternary nitrogens is 1. The van der Waals surface area contributed by atoms with Crippen LogP contribution in [0.2, 0.25) is 5.02 Å². The van der Waals surface area contributed by atoms with Crippen LogP contribution < -0.4 is 15.1 Å². The van der Waals surface area contributed by atoms with E-state index in [1.165, 1.54) is 4.90 Å². The lowest BCUT2D eigenvalue weighted by atomic mass is 10.1. The Balaban J connectivity index is 1.47. The Labute approximate surface area is 171 Å². The molecule has 3 rings (SSSR count). The normalized spacial score (nSPS) is 15.9. The lowest BCUT2D eigenvalue weighted by molar-refractivity contribution is -0.892. The standard InChI is InChI=1S/C22H26ClN3O2/c1-16(19-4-3-5-20(23)14-19)24-22(28)15-25-10-12-26(13-11-25)21-8-6-18(7-9-21)17(2)27/h3-9,14,16H,10-13,15H2,1-2H3,(H,24,28)/p+1/t16-/m1/s1. The maximum absolute atomic E-state index is 12.4. The molecule has 2 N–H and O–H groups in total. The Morgan fingerprint density at radius 3 is 2.43 bits per heavy atom. The van der Waals surface area contributed by atoms with Gasteiger partial charge in [-0.3, -0.25) is 9.59 Å². The van der Waals surface area contributed by atoms with Crippen molar-refractivity contribution in [3.05, 3.63) is 64.7 Å². The number of anilines is 1. The third-order valence-electron chi connectivity index (χ3n) is 5.25. The largest absolute Gasteiger partial charge is 0.360 e. The number of hydrogen-bond acceptors (Lipinski definition) is 3. The number of rotatable bonds is 6. The second-order valence-electron chi connectivity index (χ2n) is 7.36. The van der Waals surface area contributed by atoms with Gasteiger partial charge in [-0.05, 0) is 55.8 Å². The number of Topliss-reactive ketones (excluding diaryl/α,β-unsaturated/α-hetero) is 1. The summed E-state index contributed by atoms with van der Waals surface area (Å²) in [7, 11) is 0. The summed E-state index contributed by atoms with van der Waals surface area (Å²) in [6, 6.07) is 15.3. The third kappa shape index (κ3) is 5.33. The Kier molecular flexibility index (Phi) is 6.70. The molecule has 1 aliphatic heterocycles. The maximum atomic E-state index is 12.4. The van der Waals surface area contributed by atoms with Crippen LogP contribution >= 0.6 is 11.6 Å². The number of ketones is 1. The quantitative estimate of drug-likeness (QED) is 0.730. The monoisotopic (exact) mass is 400 g/mol. The lowest BCUT2D eigenvalue weighted by Gasteiger charge is -2.33. The highest BCUT2D eigenvalue weighted by molar-refractivity contribution is 6.30. The number of carbonyl (C=O) groups excluding carboxylic acids is 2. The van der Waals surface area contributed by atoms with Gasteiger partial charge in [0.2, 0.25) is 0 Å². The molecular weight excluding hydrogens is 374 g/mol. The average Bonchev–Trinajstić information content (AvgIpc) is 2.68. The molecule has 0 spiro atoms. The van der Waals surface area contributed by atoms with Gasteiger partial charge in [0.25, 0.3) is 5.91 Å². The van der Waals surface area contributed by atoms with Crippen LogP contribution in [0, 0.1) is 0 Å². The van der Waals surface area contributed by atoms with E-state index in [0.29, 0.717) is 11.6 Å². The molecule has 1 fully saturated rings. The van der Waals surface area contributed by atoms with Crippen molar-refractivity contribution in [2.75, 3.05) is 37.6 Å². The zero-order chi connectivity index (χ0) is 20.1. The number of halogens is 1. The number of benzene rings is 2. The molecule has 6 heteroatoms. The minimum absolute atomic E-state index is 0.0572. The van der Waals surface area contributed by atoms with Gasteiger partial charge in [-0.25, -0.2) is 0 Å². The molecule has 1 atom stereocenters. The van der Waals surface area contributed by atoms with Crippen LogP contribution in [0.15, 0.2) is 48.5 Å². The summed E-state index contributed by atoms with van der Waals surface area (Å²) in [5.74, 6) is 0.139. The SMILES string of the molecule is CC(=O)c1ccc(N2CC[NH+](CC(=O)N[C@H](C)c3cccc(Cl)c3)CC2)cc1. The topological polar surface area (TPSA) is 53.9 Å². The predicted octanol–water partition coefficient (Wildman–Crippen LogP) is 2.12. The zero-order valence-electron chi connectivity index (χ0n) is 16.4. The molecular formula is C22H27ClN3O2+. The number of carbonyl (C=O) groups is 2. The van der Waals surface area contributed by atoms with Gasteiger partial charge in [-0.2, -0.15) is 0 Å². The maximum Gasteiger partial charge on any atom is 0.275 e. The van der Waals surface area contributed by atoms with Crippen molar-refractivity contribution >= 4 is 29.0 Å². The van der Waals surface area contributed by atoms with Gasteiger partial charge in [0.15, 0.2) is 12.3 Å². The smallest absolute Gasteiger partial charge is 0.275 e. The molecule has 2 aromatic rings. The van der Waals surface area contributed by atoms with Gasteiger partial charge in [-0.1, -0.05) is 23.7 Å². The Morgan fingerprint density at radius 1 is 1.14 bits per heavy atom. The summed E-state index contributed by atoms with van der Waals surface area (Å²) in [5, 5.41) is 3.74. The van der Waals surface area contributed by atoms with E-state index in [9.17, 15) is 9.59 Å². The van der Waals surface area contributed by atoms with Gasteiger partial charge >= 0.3 is 0 Å². The fraction of sp³-hybridized carbons (Fsp3) is 0.364. The van der Waals surface area contributed by atoms with Crippen LogP contribution in [0.4, 0.5) is 5.69 Å². The van der Waals surface area contributed by atoms with Crippen molar-refractivity contribution in [2.45, 2.75) is 19.9 Å². The van der Waals surface area contributed by atoms with Crippen molar-refractivity contribution in [3.63, 3.8) is 0 Å². The fourth-order valence-electron chi connectivity index (χ4n) is 3.54. The molecule has 5 nitrogen and oxygen atoms in total. The first-order valence-corrected chi connectivity index (χ1v) is 10.0. The molecule has 28 heavy (non-hydrogen) atoms. The van der Waals surface area contributed by atoms with E-state index in [-0.39, 0.29) is 17.7 Å². The number of piperazine rings is 1. The molecule has 0 aromatic heterocycles. The number of amides is 1. The van der Waals surface area contributed by atoms with E-state index in [0.717, 1.165) is 43.0 Å². The molecule has 0 unspecified atom stereocenters. The predicted molar refractivity (Wildman–Crippen MR) is 112 cm³/mol. The van der Waals surface area contributed by atoms with Crippen LogP contribution in [-0.2, 0) is 4.79 Å². The minimum Gasteiger partial charge on any atom is -0.360 e. The first-order valence-electron chi connectivity index (χ1n) is 9.66. The van der Waals surface area contributed by atoms with Crippen LogP contribution in [-0.4, -0.2) is 44.4 Å². The summed E-state index contributed by atoms with van der Waals surface area (Å²) in [6.07, 6.45) is 0. The van der Waals surface area contributed by atoms with Crippen LogP contribution in [0.25, 0.3) is 0 Å². The van der Waals surface area contributed by atoms with Crippen LogP contribution in [0.1, 0.15) is 35.8 Å². The fourth-order valence-corrected chi connectivity index (χ4v) is 3.74. The van der Waals surface area contributed by atoms with E-state index < -0.39 is 0 Å². The van der Waals surface area contributed by atoms with Crippen molar-refractivity contribution < 1.29 is 14.5 Å². The molecule has 2 aromatic carbocycles. The van der Waals surface area contributed by atoms with Gasteiger partial charge in [0, 0.05) is 16.3 Å². The lowest BCUT2D eigenvalue weighted by Crippen LogP contribution is -3.15. The van der Waals surface area contributed by atoms with Crippen molar-refractivity contribution in [1.82, 2.24) is 5.32 Å². The van der Waals surface area contributed by atoms with E-state index in [4.69, 9.17) is 11.6 Å². The number of hydrogen-bond donors (Lipinski definition) is 2. The second-order valence-corrected chi connectivity index (χ2v) is 7.80. The molecule has 148 valence electrons. The highest BCUT2D eigenvalue weighted by atomic mass is 35.5. The number of nitrogens with zero attached hydrogens (tertiary/aromatic N) is 1. The summed E-state index contributed by atoms with van der Waals surface area (Å²) < 4.78 is 0. The zero-order valence-corrected chi connectivity index (χ0v) is 17.1.